The Hall–Kier alpha value is -4.72. The third kappa shape index (κ3) is 8.18. The lowest BCUT2D eigenvalue weighted by atomic mass is 10.0. The number of ether oxygens (including phenoxy) is 3. The van der Waals surface area contributed by atoms with Crippen molar-refractivity contribution in [3.63, 3.8) is 0 Å². The van der Waals surface area contributed by atoms with Crippen molar-refractivity contribution in [3.05, 3.63) is 58.8 Å². The van der Waals surface area contributed by atoms with Crippen molar-refractivity contribution in [1.82, 2.24) is 25.5 Å². The fourth-order valence-electron chi connectivity index (χ4n) is 6.42. The molecule has 1 saturated heterocycles. The molecule has 2 fully saturated rings. The molecule has 1 aliphatic carbocycles. The quantitative estimate of drug-likeness (QED) is 0.285. The number of carbonyl (C=O) groups excluding carboxylic acids is 3. The van der Waals surface area contributed by atoms with Gasteiger partial charge in [0.2, 0.25) is 11.8 Å². The van der Waals surface area contributed by atoms with Gasteiger partial charge in [-0.2, -0.15) is 11.3 Å². The molecule has 0 spiro atoms. The minimum Gasteiger partial charge on any atom is -0.479 e. The van der Waals surface area contributed by atoms with Crippen molar-refractivity contribution in [3.8, 4) is 11.8 Å². The molecule has 3 unspecified atom stereocenters. The summed E-state index contributed by atoms with van der Waals surface area (Å²) >= 11 is 1.55. The van der Waals surface area contributed by atoms with E-state index in [1.54, 1.807) is 38.2 Å². The molecule has 266 valence electrons. The highest BCUT2D eigenvalue weighted by atomic mass is 32.1. The lowest BCUT2D eigenvalue weighted by molar-refractivity contribution is -0.145. The Balaban J connectivity index is 1.30. The van der Waals surface area contributed by atoms with E-state index in [-0.39, 0.29) is 43.7 Å². The van der Waals surface area contributed by atoms with E-state index in [9.17, 15) is 24.3 Å². The maximum Gasteiger partial charge on any atom is 0.408 e. The second-order valence-electron chi connectivity index (χ2n) is 14.1. The van der Waals surface area contributed by atoms with Gasteiger partial charge in [0.15, 0.2) is 0 Å². The summed E-state index contributed by atoms with van der Waals surface area (Å²) in [5.74, 6) is -2.30. The number of para-hydroxylation sites is 2. The van der Waals surface area contributed by atoms with E-state index in [4.69, 9.17) is 14.2 Å². The number of amides is 3. The Kier molecular flexibility index (Phi) is 10.3. The number of hydrogen-bond donors (Lipinski definition) is 3. The van der Waals surface area contributed by atoms with Crippen molar-refractivity contribution >= 4 is 46.2 Å². The first-order valence-corrected chi connectivity index (χ1v) is 18.0. The monoisotopic (exact) mass is 705 g/mol. The zero-order chi connectivity index (χ0) is 35.5. The van der Waals surface area contributed by atoms with Gasteiger partial charge < -0.3 is 34.9 Å². The average Bonchev–Trinajstić information content (AvgIpc) is 3.36. The number of carboxylic acid groups (broad SMARTS) is 1. The molecule has 1 saturated carbocycles. The van der Waals surface area contributed by atoms with Crippen molar-refractivity contribution < 1.29 is 38.5 Å². The second-order valence-corrected chi connectivity index (χ2v) is 14.8. The van der Waals surface area contributed by atoms with Crippen LogP contribution in [0.25, 0.3) is 11.0 Å². The number of aromatic nitrogens is 2. The highest BCUT2D eigenvalue weighted by Crippen LogP contribution is 2.45. The number of rotatable bonds is 7. The largest absolute Gasteiger partial charge is 0.479 e. The molecule has 4 heterocycles. The molecule has 5 atom stereocenters. The molecule has 2 aliphatic heterocycles. The SMILES string of the molecule is CC(C)(C)OC(=O)N[C@H]1CCCCC/C=C\C2CC2(C(=O)O)NC(=O)C2C[C@@H](Oc3nc4ccccc4nc3OCc3ccsc3)CN2C1=O. The normalized spacial score (nSPS) is 26.4. The highest BCUT2D eigenvalue weighted by Gasteiger charge is 2.61. The fraction of sp³-hybridized carbons (Fsp3) is 0.500. The molecule has 3 amide bonds. The van der Waals surface area contributed by atoms with Gasteiger partial charge in [-0.1, -0.05) is 37.1 Å². The van der Waals surface area contributed by atoms with Gasteiger partial charge in [0.05, 0.1) is 17.6 Å². The third-order valence-electron chi connectivity index (χ3n) is 9.05. The Labute approximate surface area is 294 Å². The summed E-state index contributed by atoms with van der Waals surface area (Å²) in [7, 11) is 0. The maximum atomic E-state index is 14.3. The maximum absolute atomic E-state index is 14.3. The minimum atomic E-state index is -1.46. The summed E-state index contributed by atoms with van der Waals surface area (Å²) in [6, 6.07) is 7.17. The molecule has 1 aromatic carbocycles. The molecule has 6 rings (SSSR count). The first kappa shape index (κ1) is 35.1. The Morgan fingerprint density at radius 3 is 2.56 bits per heavy atom. The first-order chi connectivity index (χ1) is 23.9. The van der Waals surface area contributed by atoms with Crippen molar-refractivity contribution in [2.45, 2.75) is 102 Å². The summed E-state index contributed by atoms with van der Waals surface area (Å²) < 4.78 is 18.0. The van der Waals surface area contributed by atoms with Crippen LogP contribution in [-0.2, 0) is 25.7 Å². The van der Waals surface area contributed by atoms with Gasteiger partial charge in [0.25, 0.3) is 11.8 Å². The van der Waals surface area contributed by atoms with Gasteiger partial charge in [-0.3, -0.25) is 9.59 Å². The number of allylic oxidation sites excluding steroid dienone is 1. The van der Waals surface area contributed by atoms with Crippen molar-refractivity contribution in [1.29, 1.82) is 0 Å². The second kappa shape index (κ2) is 14.6. The molecule has 3 aliphatic rings. The number of hydrogen-bond acceptors (Lipinski definition) is 10. The zero-order valence-corrected chi connectivity index (χ0v) is 29.2. The number of fused-ring (bicyclic) bond motifs is 3. The van der Waals surface area contributed by atoms with Crippen LogP contribution in [0.2, 0.25) is 0 Å². The molecule has 0 bridgehead atoms. The minimum absolute atomic E-state index is 0.0225. The van der Waals surface area contributed by atoms with Gasteiger partial charge in [-0.25, -0.2) is 19.6 Å². The molecule has 3 N–H and O–H groups in total. The summed E-state index contributed by atoms with van der Waals surface area (Å²) in [6.07, 6.45) is 5.98. The average molecular weight is 706 g/mol. The lowest BCUT2D eigenvalue weighted by Crippen LogP contribution is -2.56. The van der Waals surface area contributed by atoms with Gasteiger partial charge in [-0.15, -0.1) is 0 Å². The van der Waals surface area contributed by atoms with E-state index in [2.05, 4.69) is 20.6 Å². The summed E-state index contributed by atoms with van der Waals surface area (Å²) in [6.45, 7) is 5.42. The molecule has 0 radical (unpaired) electrons. The number of alkyl carbamates (subject to hydrolysis) is 1. The third-order valence-corrected chi connectivity index (χ3v) is 9.79. The van der Waals surface area contributed by atoms with E-state index in [1.165, 1.54) is 4.90 Å². The fourth-order valence-corrected chi connectivity index (χ4v) is 7.07. The van der Waals surface area contributed by atoms with E-state index in [1.807, 2.05) is 47.2 Å². The van der Waals surface area contributed by atoms with Crippen LogP contribution in [0, 0.1) is 5.92 Å². The van der Waals surface area contributed by atoms with E-state index in [0.29, 0.717) is 23.9 Å². The molecule has 2 aromatic heterocycles. The molecular formula is C36H43N5O8S. The van der Waals surface area contributed by atoms with Crippen LogP contribution in [0.5, 0.6) is 11.8 Å². The van der Waals surface area contributed by atoms with Gasteiger partial charge in [0.1, 0.15) is 35.9 Å². The Morgan fingerprint density at radius 1 is 1.10 bits per heavy atom. The standard InChI is InChI=1S/C36H43N5O8S/c1-35(2,3)49-34(46)39-27-14-8-6-4-5-7-11-23-18-36(23,33(44)45)40-29(42)28-17-24(19-41(28)32(27)43)48-31-30(47-20-22-15-16-50-21-22)37-25-12-9-10-13-26(25)38-31/h7,9-13,15-16,21,23-24,27-28H,4-6,8,14,17-20H2,1-3H3,(H,39,46)(H,40,42)(H,44,45)/b11-7-/t23?,24-,27+,28?,36?/m1/s1. The molecular weight excluding hydrogens is 662 g/mol. The molecule has 3 aromatic rings. The molecule has 50 heavy (non-hydrogen) atoms. The number of aliphatic carboxylic acids is 1. The van der Waals surface area contributed by atoms with E-state index in [0.717, 1.165) is 24.8 Å². The van der Waals surface area contributed by atoms with Crippen LogP contribution < -0.4 is 20.1 Å². The van der Waals surface area contributed by atoms with Crippen LogP contribution in [0.1, 0.15) is 71.3 Å². The smallest absolute Gasteiger partial charge is 0.408 e. The number of benzene rings is 1. The summed E-state index contributed by atoms with van der Waals surface area (Å²) in [5.41, 5.74) is -0.109. The topological polar surface area (TPSA) is 169 Å². The van der Waals surface area contributed by atoms with Crippen LogP contribution >= 0.6 is 11.3 Å². The van der Waals surface area contributed by atoms with Crippen LogP contribution in [-0.4, -0.2) is 79.7 Å². The summed E-state index contributed by atoms with van der Waals surface area (Å²) in [5, 5.41) is 19.6. The van der Waals surface area contributed by atoms with Crippen LogP contribution in [0.4, 0.5) is 4.79 Å². The lowest BCUT2D eigenvalue weighted by Gasteiger charge is -2.30. The van der Waals surface area contributed by atoms with Crippen molar-refractivity contribution in [2.75, 3.05) is 6.54 Å². The number of thiophene rings is 1. The first-order valence-electron chi connectivity index (χ1n) is 17.0. The predicted molar refractivity (Wildman–Crippen MR) is 185 cm³/mol. The van der Waals surface area contributed by atoms with Gasteiger partial charge in [0, 0.05) is 17.9 Å². The Morgan fingerprint density at radius 2 is 1.86 bits per heavy atom. The summed E-state index contributed by atoms with van der Waals surface area (Å²) in [4.78, 5) is 64.4. The Bertz CT molecular complexity index is 1760. The predicted octanol–water partition coefficient (Wildman–Crippen LogP) is 4.99. The van der Waals surface area contributed by atoms with E-state index < -0.39 is 53.2 Å². The number of carbonyl (C=O) groups is 4. The van der Waals surface area contributed by atoms with Crippen LogP contribution in [0.3, 0.4) is 0 Å². The highest BCUT2D eigenvalue weighted by molar-refractivity contribution is 7.07. The zero-order valence-electron chi connectivity index (χ0n) is 28.4. The van der Waals surface area contributed by atoms with Crippen LogP contribution in [0.15, 0.2) is 53.2 Å². The van der Waals surface area contributed by atoms with Crippen molar-refractivity contribution in [2.24, 2.45) is 5.92 Å². The number of nitrogens with zero attached hydrogens (tertiary/aromatic N) is 3. The number of carboxylic acids is 1. The van der Waals surface area contributed by atoms with Gasteiger partial charge >= 0.3 is 12.1 Å². The number of nitrogens with one attached hydrogen (secondary N) is 2. The van der Waals surface area contributed by atoms with Gasteiger partial charge in [-0.05, 0) is 75.4 Å². The van der Waals surface area contributed by atoms with E-state index >= 15 is 0 Å². The molecule has 14 heteroatoms. The molecule has 13 nitrogen and oxygen atoms in total.